The van der Waals surface area contributed by atoms with Gasteiger partial charge in [-0.3, -0.25) is 4.79 Å². The highest BCUT2D eigenvalue weighted by Gasteiger charge is 2.44. The van der Waals surface area contributed by atoms with Crippen molar-refractivity contribution < 1.29 is 14.3 Å². The third kappa shape index (κ3) is 4.42. The lowest BCUT2D eigenvalue weighted by Gasteiger charge is -2.40. The minimum Gasteiger partial charge on any atom is -0.465 e. The molecule has 0 N–H and O–H groups in total. The van der Waals surface area contributed by atoms with Gasteiger partial charge in [-0.2, -0.15) is 0 Å². The fourth-order valence-electron chi connectivity index (χ4n) is 4.21. The van der Waals surface area contributed by atoms with Crippen molar-refractivity contribution in [2.45, 2.75) is 57.0 Å². The minimum absolute atomic E-state index is 0.0554. The van der Waals surface area contributed by atoms with E-state index in [2.05, 4.69) is 17.0 Å². The number of hydrogen-bond acceptors (Lipinski definition) is 4. The van der Waals surface area contributed by atoms with Gasteiger partial charge in [0.05, 0.1) is 18.1 Å². The van der Waals surface area contributed by atoms with Crippen LogP contribution >= 0.6 is 0 Å². The van der Waals surface area contributed by atoms with Crippen LogP contribution in [0.4, 0.5) is 0 Å². The van der Waals surface area contributed by atoms with Crippen LogP contribution < -0.4 is 0 Å². The summed E-state index contributed by atoms with van der Waals surface area (Å²) in [5.74, 6) is -0.0554. The molecule has 2 fully saturated rings. The van der Waals surface area contributed by atoms with Crippen LogP contribution in [0.15, 0.2) is 30.3 Å². The summed E-state index contributed by atoms with van der Waals surface area (Å²) in [5.41, 5.74) is 0.634. The second-order valence-electron chi connectivity index (χ2n) is 7.29. The summed E-state index contributed by atoms with van der Waals surface area (Å²) in [7, 11) is 0. The highest BCUT2D eigenvalue weighted by Crippen LogP contribution is 2.37. The SMILES string of the molecule is CCOC(=O)C1(c2ccccc2)CCN(CCCC2CCCO2)CC1. The molecule has 0 bridgehead atoms. The Morgan fingerprint density at radius 2 is 2.04 bits per heavy atom. The van der Waals surface area contributed by atoms with E-state index in [0.717, 1.165) is 51.1 Å². The van der Waals surface area contributed by atoms with E-state index in [1.54, 1.807) is 0 Å². The number of ether oxygens (including phenoxy) is 2. The van der Waals surface area contributed by atoms with Crippen LogP contribution in [0.25, 0.3) is 0 Å². The van der Waals surface area contributed by atoms with Crippen LogP contribution in [0.5, 0.6) is 0 Å². The zero-order chi connectivity index (χ0) is 17.5. The molecule has 0 saturated carbocycles. The summed E-state index contributed by atoms with van der Waals surface area (Å²) in [5, 5.41) is 0. The Bertz CT molecular complexity index is 531. The molecule has 2 aliphatic rings. The molecule has 0 amide bonds. The Morgan fingerprint density at radius 1 is 1.28 bits per heavy atom. The van der Waals surface area contributed by atoms with E-state index in [4.69, 9.17) is 9.47 Å². The molecule has 1 unspecified atom stereocenters. The molecule has 1 aromatic rings. The Balaban J connectivity index is 1.56. The first-order valence-corrected chi connectivity index (χ1v) is 9.81. The second-order valence-corrected chi connectivity index (χ2v) is 7.29. The van der Waals surface area contributed by atoms with Crippen molar-refractivity contribution in [3.8, 4) is 0 Å². The number of esters is 1. The molecule has 4 heteroatoms. The topological polar surface area (TPSA) is 38.8 Å². The number of piperidine rings is 1. The van der Waals surface area contributed by atoms with E-state index >= 15 is 0 Å². The molecular weight excluding hydrogens is 314 g/mol. The summed E-state index contributed by atoms with van der Waals surface area (Å²) in [6, 6.07) is 10.2. The zero-order valence-corrected chi connectivity index (χ0v) is 15.4. The Hall–Kier alpha value is -1.39. The predicted octanol–water partition coefficient (Wildman–Crippen LogP) is 3.54. The molecule has 138 valence electrons. The number of rotatable bonds is 7. The standard InChI is InChI=1S/C21H31NO3/c1-2-24-20(23)21(18-8-4-3-5-9-18)12-15-22(16-13-21)14-6-10-19-11-7-17-25-19/h3-5,8-9,19H,2,6-7,10-17H2,1H3. The number of benzene rings is 1. The number of hydrogen-bond donors (Lipinski definition) is 0. The fraction of sp³-hybridized carbons (Fsp3) is 0.667. The van der Waals surface area contributed by atoms with Crippen LogP contribution in [0.2, 0.25) is 0 Å². The van der Waals surface area contributed by atoms with E-state index in [1.807, 2.05) is 25.1 Å². The van der Waals surface area contributed by atoms with E-state index in [9.17, 15) is 4.79 Å². The fourth-order valence-corrected chi connectivity index (χ4v) is 4.21. The maximum absolute atomic E-state index is 12.8. The van der Waals surface area contributed by atoms with Crippen molar-refractivity contribution in [3.63, 3.8) is 0 Å². The zero-order valence-electron chi connectivity index (χ0n) is 15.4. The van der Waals surface area contributed by atoms with E-state index < -0.39 is 5.41 Å². The Kier molecular flexibility index (Phi) is 6.49. The van der Waals surface area contributed by atoms with Gasteiger partial charge >= 0.3 is 5.97 Å². The van der Waals surface area contributed by atoms with Gasteiger partial charge in [0, 0.05) is 6.61 Å². The lowest BCUT2D eigenvalue weighted by Crippen LogP contribution is -2.48. The first-order valence-electron chi connectivity index (χ1n) is 9.81. The molecule has 2 heterocycles. The van der Waals surface area contributed by atoms with E-state index in [1.165, 1.54) is 19.3 Å². The van der Waals surface area contributed by atoms with Crippen LogP contribution in [0, 0.1) is 0 Å². The van der Waals surface area contributed by atoms with Crippen LogP contribution in [-0.4, -0.2) is 49.8 Å². The minimum atomic E-state index is -0.470. The lowest BCUT2D eigenvalue weighted by atomic mass is 9.72. The highest BCUT2D eigenvalue weighted by atomic mass is 16.5. The summed E-state index contributed by atoms with van der Waals surface area (Å²) in [4.78, 5) is 15.3. The molecule has 0 aliphatic carbocycles. The van der Waals surface area contributed by atoms with Crippen LogP contribution in [0.1, 0.15) is 51.0 Å². The van der Waals surface area contributed by atoms with E-state index in [-0.39, 0.29) is 5.97 Å². The van der Waals surface area contributed by atoms with Gasteiger partial charge in [0.1, 0.15) is 0 Å². The second kappa shape index (κ2) is 8.81. The highest BCUT2D eigenvalue weighted by molar-refractivity contribution is 5.83. The predicted molar refractivity (Wildman–Crippen MR) is 98.6 cm³/mol. The first-order chi connectivity index (χ1) is 12.2. The van der Waals surface area contributed by atoms with Crippen molar-refractivity contribution in [1.29, 1.82) is 0 Å². The molecule has 4 nitrogen and oxygen atoms in total. The molecule has 3 rings (SSSR count). The molecule has 1 atom stereocenters. The van der Waals surface area contributed by atoms with Gasteiger partial charge < -0.3 is 14.4 Å². The van der Waals surface area contributed by atoms with Gasteiger partial charge in [0.2, 0.25) is 0 Å². The van der Waals surface area contributed by atoms with Gasteiger partial charge in [0.25, 0.3) is 0 Å². The number of carbonyl (C=O) groups excluding carboxylic acids is 1. The molecular formula is C21H31NO3. The summed E-state index contributed by atoms with van der Waals surface area (Å²) in [6.45, 7) is 6.29. The number of likely N-dealkylation sites (tertiary alicyclic amines) is 1. The number of nitrogens with zero attached hydrogens (tertiary/aromatic N) is 1. The summed E-state index contributed by atoms with van der Waals surface area (Å²) in [6.07, 6.45) is 6.95. The molecule has 0 spiro atoms. The van der Waals surface area contributed by atoms with Gasteiger partial charge in [-0.05, 0) is 70.6 Å². The molecule has 25 heavy (non-hydrogen) atoms. The van der Waals surface area contributed by atoms with Crippen LogP contribution in [-0.2, 0) is 19.7 Å². The molecule has 2 saturated heterocycles. The first kappa shape index (κ1) is 18.4. The van der Waals surface area contributed by atoms with Crippen molar-refractivity contribution in [3.05, 3.63) is 35.9 Å². The van der Waals surface area contributed by atoms with Crippen molar-refractivity contribution in [1.82, 2.24) is 4.90 Å². The van der Waals surface area contributed by atoms with Crippen molar-refractivity contribution in [2.24, 2.45) is 0 Å². The molecule has 0 aromatic heterocycles. The van der Waals surface area contributed by atoms with Gasteiger partial charge in [-0.1, -0.05) is 30.3 Å². The average Bonchev–Trinajstić information content (AvgIpc) is 3.17. The lowest BCUT2D eigenvalue weighted by molar-refractivity contribution is -0.152. The molecule has 2 aliphatic heterocycles. The van der Waals surface area contributed by atoms with Crippen molar-refractivity contribution in [2.75, 3.05) is 32.8 Å². The third-order valence-electron chi connectivity index (χ3n) is 5.73. The van der Waals surface area contributed by atoms with Crippen molar-refractivity contribution >= 4 is 5.97 Å². The monoisotopic (exact) mass is 345 g/mol. The smallest absolute Gasteiger partial charge is 0.316 e. The average molecular weight is 345 g/mol. The van der Waals surface area contributed by atoms with Gasteiger partial charge in [-0.25, -0.2) is 0 Å². The summed E-state index contributed by atoms with van der Waals surface area (Å²) < 4.78 is 11.2. The maximum Gasteiger partial charge on any atom is 0.316 e. The summed E-state index contributed by atoms with van der Waals surface area (Å²) >= 11 is 0. The van der Waals surface area contributed by atoms with Gasteiger partial charge in [0.15, 0.2) is 0 Å². The van der Waals surface area contributed by atoms with Crippen LogP contribution in [0.3, 0.4) is 0 Å². The molecule has 1 aromatic carbocycles. The van der Waals surface area contributed by atoms with E-state index in [0.29, 0.717) is 12.7 Å². The Morgan fingerprint density at radius 3 is 2.68 bits per heavy atom. The number of carbonyl (C=O) groups is 1. The van der Waals surface area contributed by atoms with Gasteiger partial charge in [-0.15, -0.1) is 0 Å². The third-order valence-corrected chi connectivity index (χ3v) is 5.73. The maximum atomic E-state index is 12.8. The molecule has 0 radical (unpaired) electrons. The Labute approximate surface area is 151 Å². The largest absolute Gasteiger partial charge is 0.465 e. The quantitative estimate of drug-likeness (QED) is 0.709. The normalized spacial score (nSPS) is 23.5.